The normalized spacial score (nSPS) is 12.3. The van der Waals surface area contributed by atoms with Crippen LogP contribution < -0.4 is 16.0 Å². The quantitative estimate of drug-likeness (QED) is 0.0942. The van der Waals surface area contributed by atoms with Crippen molar-refractivity contribution in [3.63, 3.8) is 0 Å². The van der Waals surface area contributed by atoms with E-state index in [0.717, 1.165) is 20.0 Å². The fraction of sp³-hybridized carbons (Fsp3) is 0.857. The fourth-order valence-electron chi connectivity index (χ4n) is 3.96. The van der Waals surface area contributed by atoms with E-state index in [1.54, 1.807) is 0 Å². The predicted octanol–water partition coefficient (Wildman–Crippen LogP) is 4.08. The number of hydrogen-bond acceptors (Lipinski definition) is 8. The van der Waals surface area contributed by atoms with Crippen LogP contribution in [0.25, 0.3) is 0 Å². The van der Waals surface area contributed by atoms with Gasteiger partial charge in [0.2, 0.25) is 11.8 Å². The monoisotopic (exact) mass is 575 g/mol. The molecule has 0 saturated carbocycles. The third-order valence-electron chi connectivity index (χ3n) is 6.21. The molecule has 3 amide bonds. The van der Waals surface area contributed by atoms with E-state index < -0.39 is 42.6 Å². The summed E-state index contributed by atoms with van der Waals surface area (Å²) in [6, 6.07) is -2.11. The van der Waals surface area contributed by atoms with Gasteiger partial charge in [-0.1, -0.05) is 90.4 Å². The molecule has 2 atom stereocenters. The first-order valence-corrected chi connectivity index (χ1v) is 15.8. The van der Waals surface area contributed by atoms with Crippen LogP contribution in [0.3, 0.4) is 0 Å². The van der Waals surface area contributed by atoms with Gasteiger partial charge in [-0.15, -0.1) is 0 Å². The van der Waals surface area contributed by atoms with Crippen LogP contribution in [0.5, 0.6) is 0 Å². The molecule has 0 aliphatic carbocycles. The summed E-state index contributed by atoms with van der Waals surface area (Å²) in [6.45, 7) is 3.66. The van der Waals surface area contributed by atoms with Gasteiger partial charge in [0.1, 0.15) is 6.04 Å². The van der Waals surface area contributed by atoms with Crippen LogP contribution in [-0.4, -0.2) is 79.4 Å². The Morgan fingerprint density at radius 2 is 1.33 bits per heavy atom. The highest BCUT2D eigenvalue weighted by Crippen LogP contribution is 2.13. The lowest BCUT2D eigenvalue weighted by Gasteiger charge is -2.20. The Morgan fingerprint density at radius 3 is 1.82 bits per heavy atom. The van der Waals surface area contributed by atoms with Gasteiger partial charge >= 0.3 is 12.1 Å². The van der Waals surface area contributed by atoms with Crippen LogP contribution in [0.1, 0.15) is 104 Å². The smallest absolute Gasteiger partial charge is 0.407 e. The van der Waals surface area contributed by atoms with Crippen LogP contribution >= 0.6 is 11.8 Å². The van der Waals surface area contributed by atoms with Gasteiger partial charge in [-0.05, 0) is 6.42 Å². The van der Waals surface area contributed by atoms with Gasteiger partial charge in [-0.25, -0.2) is 9.59 Å². The molecule has 0 saturated heterocycles. The molecule has 0 radical (unpaired) electrons. The molecule has 228 valence electrons. The molecule has 0 heterocycles. The van der Waals surface area contributed by atoms with Crippen molar-refractivity contribution in [3.05, 3.63) is 0 Å². The average Bonchev–Trinajstić information content (AvgIpc) is 2.92. The van der Waals surface area contributed by atoms with Crippen molar-refractivity contribution < 1.29 is 33.8 Å². The maximum Gasteiger partial charge on any atom is 0.407 e. The standard InChI is InChI=1S/C28H53N3O7S/c1-4-5-6-7-8-9-10-11-12-13-14-15-16-17-19-38-28(36)29-18-20-39-22-25(30-23(2)33)26(34)31-24(21-32)27(35)37-3/h24-25,32H,4-22H2,1-3H3,(H,29,36)(H,30,33)(H,31,34)/t24-,25-/m0/s1. The number of carbonyl (C=O) groups excluding carboxylic acids is 4. The highest BCUT2D eigenvalue weighted by Gasteiger charge is 2.26. The third kappa shape index (κ3) is 22.5. The van der Waals surface area contributed by atoms with Crippen LogP contribution in [0.15, 0.2) is 0 Å². The minimum absolute atomic E-state index is 0.223. The third-order valence-corrected chi connectivity index (χ3v) is 7.27. The molecular weight excluding hydrogens is 522 g/mol. The number of aliphatic hydroxyl groups excluding tert-OH is 1. The summed E-state index contributed by atoms with van der Waals surface area (Å²) in [6.07, 6.45) is 17.4. The summed E-state index contributed by atoms with van der Waals surface area (Å²) in [5.74, 6) is -1.07. The first-order chi connectivity index (χ1) is 18.8. The molecular formula is C28H53N3O7S. The van der Waals surface area contributed by atoms with Gasteiger partial charge in [-0.2, -0.15) is 11.8 Å². The number of thioether (sulfide) groups is 1. The van der Waals surface area contributed by atoms with Gasteiger partial charge in [0.25, 0.3) is 0 Å². The summed E-state index contributed by atoms with van der Waals surface area (Å²) in [7, 11) is 1.15. The van der Waals surface area contributed by atoms with E-state index in [9.17, 15) is 24.3 Å². The fourth-order valence-corrected chi connectivity index (χ4v) is 4.84. The summed E-state index contributed by atoms with van der Waals surface area (Å²) < 4.78 is 9.73. The highest BCUT2D eigenvalue weighted by atomic mass is 32.2. The molecule has 0 aromatic heterocycles. The minimum Gasteiger partial charge on any atom is -0.467 e. The molecule has 0 fully saturated rings. The molecule has 4 N–H and O–H groups in total. The lowest BCUT2D eigenvalue weighted by molar-refractivity contribution is -0.146. The molecule has 11 heteroatoms. The number of nitrogens with one attached hydrogen (secondary N) is 3. The number of unbranched alkanes of at least 4 members (excludes halogenated alkanes) is 13. The lowest BCUT2D eigenvalue weighted by Crippen LogP contribution is -2.53. The number of carbonyl (C=O) groups is 4. The average molecular weight is 576 g/mol. The van der Waals surface area contributed by atoms with Crippen molar-refractivity contribution in [1.29, 1.82) is 0 Å². The van der Waals surface area contributed by atoms with E-state index >= 15 is 0 Å². The lowest BCUT2D eigenvalue weighted by atomic mass is 10.0. The first-order valence-electron chi connectivity index (χ1n) is 14.6. The molecule has 0 rings (SSSR count). The zero-order valence-electron chi connectivity index (χ0n) is 24.4. The van der Waals surface area contributed by atoms with Crippen molar-refractivity contribution in [1.82, 2.24) is 16.0 Å². The summed E-state index contributed by atoms with van der Waals surface area (Å²) in [4.78, 5) is 47.3. The second-order valence-electron chi connectivity index (χ2n) is 9.75. The van der Waals surface area contributed by atoms with Gasteiger partial charge < -0.3 is 30.5 Å². The van der Waals surface area contributed by atoms with Gasteiger partial charge in [0.05, 0.1) is 20.3 Å². The van der Waals surface area contributed by atoms with E-state index in [-0.39, 0.29) is 5.75 Å². The number of methoxy groups -OCH3 is 1. The Labute approximate surface area is 239 Å². The molecule has 0 spiro atoms. The molecule has 0 bridgehead atoms. The largest absolute Gasteiger partial charge is 0.467 e. The second kappa shape index (κ2) is 26.2. The number of hydrogen-bond donors (Lipinski definition) is 4. The van der Waals surface area contributed by atoms with Gasteiger partial charge in [0, 0.05) is 25.0 Å². The molecule has 0 aromatic rings. The zero-order valence-corrected chi connectivity index (χ0v) is 25.2. The summed E-state index contributed by atoms with van der Waals surface area (Å²) in [5.41, 5.74) is 0. The zero-order chi connectivity index (χ0) is 29.1. The minimum atomic E-state index is -1.21. The van der Waals surface area contributed by atoms with Crippen molar-refractivity contribution >= 4 is 35.6 Å². The number of rotatable bonds is 25. The number of ether oxygens (including phenoxy) is 2. The van der Waals surface area contributed by atoms with Crippen molar-refractivity contribution in [2.24, 2.45) is 0 Å². The number of amides is 3. The van der Waals surface area contributed by atoms with Crippen molar-refractivity contribution in [2.75, 3.05) is 38.4 Å². The molecule has 0 unspecified atom stereocenters. The summed E-state index contributed by atoms with van der Waals surface area (Å²) in [5, 5.41) is 16.8. The Kier molecular flexibility index (Phi) is 24.9. The highest BCUT2D eigenvalue weighted by molar-refractivity contribution is 7.99. The molecule has 0 aliphatic rings. The Hall–Kier alpha value is -2.01. The number of esters is 1. The topological polar surface area (TPSA) is 143 Å². The second-order valence-corrected chi connectivity index (χ2v) is 10.9. The Balaban J connectivity index is 3.79. The molecule has 39 heavy (non-hydrogen) atoms. The van der Waals surface area contributed by atoms with Crippen molar-refractivity contribution in [3.8, 4) is 0 Å². The predicted molar refractivity (Wildman–Crippen MR) is 156 cm³/mol. The Morgan fingerprint density at radius 1 is 0.795 bits per heavy atom. The molecule has 0 aliphatic heterocycles. The first kappa shape index (κ1) is 37.0. The van der Waals surface area contributed by atoms with Crippen LogP contribution in [-0.2, 0) is 23.9 Å². The van der Waals surface area contributed by atoms with Crippen molar-refractivity contribution in [2.45, 2.75) is 116 Å². The van der Waals surface area contributed by atoms with Gasteiger partial charge in [0.15, 0.2) is 6.04 Å². The maximum atomic E-state index is 12.4. The Bertz CT molecular complexity index is 667. The van der Waals surface area contributed by atoms with E-state index in [1.807, 2.05) is 0 Å². The number of alkyl carbamates (subject to hydrolysis) is 1. The molecule has 10 nitrogen and oxygen atoms in total. The maximum absolute atomic E-state index is 12.4. The SMILES string of the molecule is CCCCCCCCCCCCCCCCOC(=O)NCCSC[C@H](NC(C)=O)C(=O)N[C@@H](CO)C(=O)OC. The van der Waals surface area contributed by atoms with Crippen LogP contribution in [0, 0.1) is 0 Å². The van der Waals surface area contributed by atoms with E-state index in [1.165, 1.54) is 95.7 Å². The van der Waals surface area contributed by atoms with Crippen LogP contribution in [0.4, 0.5) is 4.79 Å². The molecule has 0 aromatic carbocycles. The van der Waals surface area contributed by atoms with E-state index in [0.29, 0.717) is 18.9 Å². The number of aliphatic hydroxyl groups is 1. The van der Waals surface area contributed by atoms with E-state index in [2.05, 4.69) is 27.6 Å². The summed E-state index contributed by atoms with van der Waals surface area (Å²) >= 11 is 1.35. The van der Waals surface area contributed by atoms with E-state index in [4.69, 9.17) is 4.74 Å². The van der Waals surface area contributed by atoms with Gasteiger partial charge in [-0.3, -0.25) is 9.59 Å². The van der Waals surface area contributed by atoms with Crippen LogP contribution in [0.2, 0.25) is 0 Å².